The van der Waals surface area contributed by atoms with Crippen LogP contribution in [0.2, 0.25) is 0 Å². The fourth-order valence-electron chi connectivity index (χ4n) is 2.78. The third kappa shape index (κ3) is 4.12. The lowest BCUT2D eigenvalue weighted by Gasteiger charge is -2.35. The smallest absolute Gasteiger partial charge is 0.0471 e. The molecule has 0 aromatic rings. The first-order valence-electron chi connectivity index (χ1n) is 6.39. The average molecular weight is 213 g/mol. The Hall–Kier alpha value is -0.0800. The molecule has 0 aromatic carbocycles. The van der Waals surface area contributed by atoms with E-state index in [4.69, 9.17) is 5.11 Å². The fraction of sp³-hybridized carbons (Fsp3) is 1.00. The molecule has 2 nitrogen and oxygen atoms in total. The SMILES string of the molecule is CC1CC(C)CC(NC(C)C(C)CO)C1. The summed E-state index contributed by atoms with van der Waals surface area (Å²) < 4.78 is 0. The van der Waals surface area contributed by atoms with Gasteiger partial charge in [0.15, 0.2) is 0 Å². The second-order valence-corrected chi connectivity index (χ2v) is 5.73. The number of aliphatic hydroxyl groups is 1. The second kappa shape index (κ2) is 5.86. The van der Waals surface area contributed by atoms with Crippen molar-refractivity contribution in [3.63, 3.8) is 0 Å². The summed E-state index contributed by atoms with van der Waals surface area (Å²) in [5.74, 6) is 2.06. The molecule has 0 bridgehead atoms. The molecule has 1 fully saturated rings. The molecule has 1 aliphatic carbocycles. The van der Waals surface area contributed by atoms with E-state index >= 15 is 0 Å². The van der Waals surface area contributed by atoms with Crippen LogP contribution in [0.1, 0.15) is 47.0 Å². The van der Waals surface area contributed by atoms with Gasteiger partial charge in [-0.1, -0.05) is 20.8 Å². The Bertz CT molecular complexity index is 173. The van der Waals surface area contributed by atoms with Crippen molar-refractivity contribution in [3.05, 3.63) is 0 Å². The molecule has 0 heterocycles. The zero-order valence-corrected chi connectivity index (χ0v) is 10.7. The number of hydrogen-bond acceptors (Lipinski definition) is 2. The van der Waals surface area contributed by atoms with Crippen LogP contribution in [0.5, 0.6) is 0 Å². The molecule has 0 radical (unpaired) electrons. The van der Waals surface area contributed by atoms with Gasteiger partial charge in [0, 0.05) is 18.7 Å². The first-order chi connectivity index (χ1) is 7.02. The lowest BCUT2D eigenvalue weighted by atomic mass is 9.80. The Kier molecular flexibility index (Phi) is 5.07. The van der Waals surface area contributed by atoms with Gasteiger partial charge in [-0.05, 0) is 43.9 Å². The van der Waals surface area contributed by atoms with Crippen molar-refractivity contribution >= 4 is 0 Å². The van der Waals surface area contributed by atoms with Gasteiger partial charge in [-0.25, -0.2) is 0 Å². The van der Waals surface area contributed by atoms with Gasteiger partial charge in [0.25, 0.3) is 0 Å². The van der Waals surface area contributed by atoms with Crippen LogP contribution in [0.3, 0.4) is 0 Å². The standard InChI is InChI=1S/C13H27NO/c1-9-5-10(2)7-13(6-9)14-12(4)11(3)8-15/h9-15H,5-8H2,1-4H3. The molecular weight excluding hydrogens is 186 g/mol. The summed E-state index contributed by atoms with van der Waals surface area (Å²) in [6, 6.07) is 1.09. The molecule has 0 saturated heterocycles. The molecule has 1 rings (SSSR count). The lowest BCUT2D eigenvalue weighted by molar-refractivity contribution is 0.175. The third-order valence-electron chi connectivity index (χ3n) is 3.82. The highest BCUT2D eigenvalue weighted by Crippen LogP contribution is 2.28. The second-order valence-electron chi connectivity index (χ2n) is 5.73. The Morgan fingerprint density at radius 1 is 1.13 bits per heavy atom. The van der Waals surface area contributed by atoms with Crippen molar-refractivity contribution in [2.45, 2.75) is 59.0 Å². The Morgan fingerprint density at radius 2 is 1.67 bits per heavy atom. The molecule has 90 valence electrons. The van der Waals surface area contributed by atoms with Crippen LogP contribution in [-0.4, -0.2) is 23.8 Å². The van der Waals surface area contributed by atoms with Gasteiger partial charge in [0.05, 0.1) is 0 Å². The molecule has 0 aromatic heterocycles. The van der Waals surface area contributed by atoms with Crippen LogP contribution in [0.15, 0.2) is 0 Å². The van der Waals surface area contributed by atoms with Gasteiger partial charge in [0.2, 0.25) is 0 Å². The minimum Gasteiger partial charge on any atom is -0.396 e. The lowest BCUT2D eigenvalue weighted by Crippen LogP contribution is -2.44. The van der Waals surface area contributed by atoms with Crippen molar-refractivity contribution in [1.82, 2.24) is 5.32 Å². The highest BCUT2D eigenvalue weighted by Gasteiger charge is 2.25. The first-order valence-corrected chi connectivity index (χ1v) is 6.39. The summed E-state index contributed by atoms with van der Waals surface area (Å²) in [6.07, 6.45) is 3.97. The summed E-state index contributed by atoms with van der Waals surface area (Å²) >= 11 is 0. The van der Waals surface area contributed by atoms with Crippen molar-refractivity contribution in [2.75, 3.05) is 6.61 Å². The molecule has 2 heteroatoms. The Balaban J connectivity index is 2.37. The van der Waals surface area contributed by atoms with E-state index in [1.807, 2.05) is 0 Å². The number of hydrogen-bond donors (Lipinski definition) is 2. The summed E-state index contributed by atoms with van der Waals surface area (Å²) in [5, 5.41) is 12.8. The minimum atomic E-state index is 0.284. The number of rotatable bonds is 4. The van der Waals surface area contributed by atoms with E-state index in [0.717, 1.165) is 11.8 Å². The van der Waals surface area contributed by atoms with Crippen LogP contribution >= 0.6 is 0 Å². The largest absolute Gasteiger partial charge is 0.396 e. The fourth-order valence-corrected chi connectivity index (χ4v) is 2.78. The predicted octanol–water partition coefficient (Wildman–Crippen LogP) is 2.42. The first kappa shape index (κ1) is 13.0. The summed E-state index contributed by atoms with van der Waals surface area (Å²) in [4.78, 5) is 0. The zero-order valence-electron chi connectivity index (χ0n) is 10.7. The molecule has 1 saturated carbocycles. The summed E-state index contributed by atoms with van der Waals surface area (Å²) in [7, 11) is 0. The topological polar surface area (TPSA) is 32.3 Å². The molecule has 2 N–H and O–H groups in total. The van der Waals surface area contributed by atoms with Gasteiger partial charge in [-0.3, -0.25) is 0 Å². The van der Waals surface area contributed by atoms with Gasteiger partial charge in [-0.15, -0.1) is 0 Å². The summed E-state index contributed by atoms with van der Waals surface area (Å²) in [5.41, 5.74) is 0. The Labute approximate surface area is 94.5 Å². The molecule has 0 amide bonds. The molecule has 4 atom stereocenters. The average Bonchev–Trinajstić information content (AvgIpc) is 2.14. The molecule has 0 aliphatic heterocycles. The number of aliphatic hydroxyl groups excluding tert-OH is 1. The molecule has 15 heavy (non-hydrogen) atoms. The normalized spacial score (nSPS) is 36.2. The van der Waals surface area contributed by atoms with Gasteiger partial charge in [-0.2, -0.15) is 0 Å². The highest BCUT2D eigenvalue weighted by atomic mass is 16.3. The third-order valence-corrected chi connectivity index (χ3v) is 3.82. The molecule has 4 unspecified atom stereocenters. The predicted molar refractivity (Wildman–Crippen MR) is 64.8 cm³/mol. The zero-order chi connectivity index (χ0) is 11.4. The van der Waals surface area contributed by atoms with Gasteiger partial charge in [0.1, 0.15) is 0 Å². The van der Waals surface area contributed by atoms with Crippen molar-refractivity contribution in [1.29, 1.82) is 0 Å². The molecular formula is C13H27NO. The van der Waals surface area contributed by atoms with Crippen LogP contribution in [-0.2, 0) is 0 Å². The van der Waals surface area contributed by atoms with Crippen LogP contribution in [0.4, 0.5) is 0 Å². The van der Waals surface area contributed by atoms with E-state index in [9.17, 15) is 0 Å². The maximum Gasteiger partial charge on any atom is 0.0471 e. The molecule has 0 spiro atoms. The maximum atomic E-state index is 9.10. The Morgan fingerprint density at radius 3 is 2.13 bits per heavy atom. The van der Waals surface area contributed by atoms with Gasteiger partial charge < -0.3 is 10.4 Å². The van der Waals surface area contributed by atoms with Crippen LogP contribution in [0, 0.1) is 17.8 Å². The quantitative estimate of drug-likeness (QED) is 0.751. The van der Waals surface area contributed by atoms with E-state index < -0.39 is 0 Å². The van der Waals surface area contributed by atoms with E-state index in [1.165, 1.54) is 19.3 Å². The van der Waals surface area contributed by atoms with Crippen LogP contribution < -0.4 is 5.32 Å². The minimum absolute atomic E-state index is 0.284. The van der Waals surface area contributed by atoms with Crippen molar-refractivity contribution in [3.8, 4) is 0 Å². The number of nitrogens with one attached hydrogen (secondary N) is 1. The maximum absolute atomic E-state index is 9.10. The van der Waals surface area contributed by atoms with E-state index in [1.54, 1.807) is 0 Å². The molecule has 1 aliphatic rings. The van der Waals surface area contributed by atoms with Crippen molar-refractivity contribution < 1.29 is 5.11 Å². The van der Waals surface area contributed by atoms with E-state index in [2.05, 4.69) is 33.0 Å². The van der Waals surface area contributed by atoms with Gasteiger partial charge >= 0.3 is 0 Å². The van der Waals surface area contributed by atoms with E-state index in [-0.39, 0.29) is 6.61 Å². The monoisotopic (exact) mass is 213 g/mol. The van der Waals surface area contributed by atoms with E-state index in [0.29, 0.717) is 18.0 Å². The summed E-state index contributed by atoms with van der Waals surface area (Å²) in [6.45, 7) is 9.28. The van der Waals surface area contributed by atoms with Crippen LogP contribution in [0.25, 0.3) is 0 Å². The highest BCUT2D eigenvalue weighted by molar-refractivity contribution is 4.82. The van der Waals surface area contributed by atoms with Crippen molar-refractivity contribution in [2.24, 2.45) is 17.8 Å².